The van der Waals surface area contributed by atoms with Crippen molar-refractivity contribution in [1.29, 1.82) is 0 Å². The first-order chi connectivity index (χ1) is 10.7. The van der Waals surface area contributed by atoms with Gasteiger partial charge in [-0.1, -0.05) is 6.07 Å². The third kappa shape index (κ3) is 2.49. The predicted octanol–water partition coefficient (Wildman–Crippen LogP) is 1.16. The van der Waals surface area contributed by atoms with Gasteiger partial charge in [0, 0.05) is 12.4 Å². The van der Waals surface area contributed by atoms with Crippen molar-refractivity contribution in [1.82, 2.24) is 19.6 Å². The van der Waals surface area contributed by atoms with Gasteiger partial charge in [-0.2, -0.15) is 4.98 Å². The van der Waals surface area contributed by atoms with Crippen molar-refractivity contribution in [3.63, 3.8) is 0 Å². The molecule has 0 fully saturated rings. The first-order valence-electron chi connectivity index (χ1n) is 6.34. The lowest BCUT2D eigenvalue weighted by atomic mass is 10.3. The molecule has 0 saturated carbocycles. The van der Waals surface area contributed by atoms with Crippen LogP contribution in [0.25, 0.3) is 5.65 Å². The smallest absolute Gasteiger partial charge is 0.356 e. The summed E-state index contributed by atoms with van der Waals surface area (Å²) < 4.78 is 5.99. The summed E-state index contributed by atoms with van der Waals surface area (Å²) in [5.74, 6) is -0.838. The number of aromatic nitrogens is 4. The molecule has 0 aliphatic carbocycles. The number of pyridine rings is 2. The van der Waals surface area contributed by atoms with E-state index in [-0.39, 0.29) is 17.5 Å². The number of carbonyl (C=O) groups is 2. The Labute approximate surface area is 124 Å². The number of hydrogen-bond acceptors (Lipinski definition) is 6. The summed E-state index contributed by atoms with van der Waals surface area (Å²) in [6, 6.07) is 8.15. The molecule has 0 radical (unpaired) electrons. The standard InChI is InChI=1S/C14H11N5O3/c1-22-13(21)10-5-2-6-11-16-14(18-19(10)11)17-12(20)9-4-3-7-15-8-9/h2-8H,1H3,(H,17,18,20). The van der Waals surface area contributed by atoms with Crippen LogP contribution in [0.15, 0.2) is 42.7 Å². The number of anilines is 1. The van der Waals surface area contributed by atoms with E-state index in [1.165, 1.54) is 17.8 Å². The van der Waals surface area contributed by atoms with E-state index in [1.807, 2.05) is 0 Å². The molecule has 0 atom stereocenters. The fourth-order valence-corrected chi connectivity index (χ4v) is 1.89. The molecule has 0 bridgehead atoms. The molecule has 3 rings (SSSR count). The molecule has 3 aromatic rings. The highest BCUT2D eigenvalue weighted by molar-refractivity contribution is 6.03. The molecule has 1 amide bonds. The lowest BCUT2D eigenvalue weighted by molar-refractivity contribution is 0.0591. The van der Waals surface area contributed by atoms with Gasteiger partial charge in [-0.3, -0.25) is 15.1 Å². The van der Waals surface area contributed by atoms with Gasteiger partial charge < -0.3 is 4.74 Å². The van der Waals surface area contributed by atoms with Gasteiger partial charge in [0.2, 0.25) is 5.95 Å². The Balaban J connectivity index is 1.93. The predicted molar refractivity (Wildman–Crippen MR) is 76.5 cm³/mol. The van der Waals surface area contributed by atoms with E-state index >= 15 is 0 Å². The number of nitrogens with one attached hydrogen (secondary N) is 1. The van der Waals surface area contributed by atoms with Crippen LogP contribution >= 0.6 is 0 Å². The van der Waals surface area contributed by atoms with Crippen LogP contribution in [0.1, 0.15) is 20.8 Å². The topological polar surface area (TPSA) is 98.5 Å². The quantitative estimate of drug-likeness (QED) is 0.728. The SMILES string of the molecule is COC(=O)c1cccc2nc(NC(=O)c3cccnc3)nn12. The van der Waals surface area contributed by atoms with Crippen molar-refractivity contribution < 1.29 is 14.3 Å². The minimum Gasteiger partial charge on any atom is -0.464 e. The lowest BCUT2D eigenvalue weighted by Crippen LogP contribution is -2.13. The molecule has 0 aromatic carbocycles. The highest BCUT2D eigenvalue weighted by Crippen LogP contribution is 2.10. The second-order valence-corrected chi connectivity index (χ2v) is 4.30. The van der Waals surface area contributed by atoms with Gasteiger partial charge in [0.1, 0.15) is 0 Å². The van der Waals surface area contributed by atoms with Gasteiger partial charge in [0.25, 0.3) is 5.91 Å². The molecule has 0 aliphatic heterocycles. The third-order valence-electron chi connectivity index (χ3n) is 2.90. The van der Waals surface area contributed by atoms with Crippen LogP contribution in [0.5, 0.6) is 0 Å². The van der Waals surface area contributed by atoms with Crippen LogP contribution in [0, 0.1) is 0 Å². The van der Waals surface area contributed by atoms with Gasteiger partial charge in [0.05, 0.1) is 12.7 Å². The van der Waals surface area contributed by atoms with Gasteiger partial charge in [-0.15, -0.1) is 5.10 Å². The molecule has 0 unspecified atom stereocenters. The molecule has 0 aliphatic rings. The zero-order chi connectivity index (χ0) is 15.5. The largest absolute Gasteiger partial charge is 0.464 e. The number of hydrogen-bond donors (Lipinski definition) is 1. The molecule has 8 nitrogen and oxygen atoms in total. The van der Waals surface area contributed by atoms with Gasteiger partial charge >= 0.3 is 5.97 Å². The summed E-state index contributed by atoms with van der Waals surface area (Å²) in [4.78, 5) is 31.7. The summed E-state index contributed by atoms with van der Waals surface area (Å²) in [7, 11) is 1.28. The van der Waals surface area contributed by atoms with Gasteiger partial charge in [0.15, 0.2) is 11.3 Å². The minimum atomic E-state index is -0.541. The minimum absolute atomic E-state index is 0.0882. The zero-order valence-corrected chi connectivity index (χ0v) is 11.6. The van der Waals surface area contributed by atoms with Crippen LogP contribution < -0.4 is 5.32 Å². The fourth-order valence-electron chi connectivity index (χ4n) is 1.89. The van der Waals surface area contributed by atoms with Crippen LogP contribution in [0.3, 0.4) is 0 Å². The second kappa shape index (κ2) is 5.60. The normalized spacial score (nSPS) is 10.4. The van der Waals surface area contributed by atoms with Crippen molar-refractivity contribution in [2.24, 2.45) is 0 Å². The Morgan fingerprint density at radius 1 is 1.23 bits per heavy atom. The summed E-state index contributed by atoms with van der Waals surface area (Å²) in [5, 5.41) is 6.66. The maximum atomic E-state index is 12.0. The molecule has 1 N–H and O–H groups in total. The van der Waals surface area contributed by atoms with Gasteiger partial charge in [-0.25, -0.2) is 9.31 Å². The Kier molecular flexibility index (Phi) is 3.48. The van der Waals surface area contributed by atoms with Crippen molar-refractivity contribution in [3.8, 4) is 0 Å². The number of carbonyl (C=O) groups excluding carboxylic acids is 2. The number of nitrogens with zero attached hydrogens (tertiary/aromatic N) is 4. The first kappa shape index (κ1) is 13.7. The average Bonchev–Trinajstić information content (AvgIpc) is 2.97. The van der Waals surface area contributed by atoms with E-state index in [0.717, 1.165) is 0 Å². The molecular weight excluding hydrogens is 286 g/mol. The number of rotatable bonds is 3. The number of methoxy groups -OCH3 is 1. The highest BCUT2D eigenvalue weighted by atomic mass is 16.5. The number of ether oxygens (including phenoxy) is 1. The first-order valence-corrected chi connectivity index (χ1v) is 6.34. The van der Waals surface area contributed by atoms with Crippen LogP contribution in [0.2, 0.25) is 0 Å². The van der Waals surface area contributed by atoms with E-state index < -0.39 is 5.97 Å². The number of amides is 1. The molecule has 3 aromatic heterocycles. The number of fused-ring (bicyclic) bond motifs is 1. The van der Waals surface area contributed by atoms with Crippen molar-refractivity contribution >= 4 is 23.5 Å². The average molecular weight is 297 g/mol. The summed E-state index contributed by atoms with van der Waals surface area (Å²) in [5.41, 5.74) is 1.02. The van der Waals surface area contributed by atoms with E-state index in [1.54, 1.807) is 36.5 Å². The molecule has 8 heteroatoms. The van der Waals surface area contributed by atoms with E-state index in [2.05, 4.69) is 25.1 Å². The second-order valence-electron chi connectivity index (χ2n) is 4.30. The molecular formula is C14H11N5O3. The molecule has 0 spiro atoms. The number of esters is 1. The lowest BCUT2D eigenvalue weighted by Gasteiger charge is -2.00. The highest BCUT2D eigenvalue weighted by Gasteiger charge is 2.15. The monoisotopic (exact) mass is 297 g/mol. The maximum absolute atomic E-state index is 12.0. The third-order valence-corrected chi connectivity index (χ3v) is 2.90. The van der Waals surface area contributed by atoms with Crippen LogP contribution in [0.4, 0.5) is 5.95 Å². The van der Waals surface area contributed by atoms with Crippen LogP contribution in [-0.4, -0.2) is 38.6 Å². The Hall–Kier alpha value is -3.29. The summed E-state index contributed by atoms with van der Waals surface area (Å²) in [6.45, 7) is 0. The zero-order valence-electron chi connectivity index (χ0n) is 11.6. The van der Waals surface area contributed by atoms with Crippen molar-refractivity contribution in [2.75, 3.05) is 12.4 Å². The van der Waals surface area contributed by atoms with Gasteiger partial charge in [-0.05, 0) is 24.3 Å². The maximum Gasteiger partial charge on any atom is 0.356 e. The summed E-state index contributed by atoms with van der Waals surface area (Å²) in [6.07, 6.45) is 3.01. The fraction of sp³-hybridized carbons (Fsp3) is 0.0714. The Morgan fingerprint density at radius 2 is 2.09 bits per heavy atom. The van der Waals surface area contributed by atoms with Crippen molar-refractivity contribution in [3.05, 3.63) is 54.0 Å². The summed E-state index contributed by atoms with van der Waals surface area (Å²) >= 11 is 0. The molecule has 0 saturated heterocycles. The Bertz CT molecular complexity index is 844. The van der Waals surface area contributed by atoms with Crippen molar-refractivity contribution in [2.45, 2.75) is 0 Å². The van der Waals surface area contributed by atoms with E-state index in [9.17, 15) is 9.59 Å². The van der Waals surface area contributed by atoms with E-state index in [0.29, 0.717) is 11.2 Å². The Morgan fingerprint density at radius 3 is 2.82 bits per heavy atom. The molecule has 110 valence electrons. The van der Waals surface area contributed by atoms with E-state index in [4.69, 9.17) is 0 Å². The van der Waals surface area contributed by atoms with Crippen LogP contribution in [-0.2, 0) is 4.74 Å². The molecule has 22 heavy (non-hydrogen) atoms. The molecule has 3 heterocycles.